The number of pyridine rings is 1. The van der Waals surface area contributed by atoms with Crippen LogP contribution in [0, 0.1) is 29.0 Å². The van der Waals surface area contributed by atoms with Gasteiger partial charge in [-0.25, -0.2) is 13.9 Å². The summed E-state index contributed by atoms with van der Waals surface area (Å²) in [5.74, 6) is -0.327. The van der Waals surface area contributed by atoms with Gasteiger partial charge in [0, 0.05) is 61.5 Å². The number of nitriles is 1. The number of amides is 2. The molecule has 3 aromatic rings. The van der Waals surface area contributed by atoms with E-state index in [-0.39, 0.29) is 24.3 Å². The van der Waals surface area contributed by atoms with Crippen LogP contribution in [0.1, 0.15) is 5.69 Å². The predicted octanol–water partition coefficient (Wildman–Crippen LogP) is 1.69. The monoisotopic (exact) mass is 572 g/mol. The number of ether oxygens (including phenoxy) is 2. The molecular weight excluding hydrogens is 543 g/mol. The highest BCUT2D eigenvalue weighted by atomic mass is 19.1. The lowest BCUT2D eigenvalue weighted by Gasteiger charge is -2.29. The molecule has 42 heavy (non-hydrogen) atoms. The first-order chi connectivity index (χ1) is 20.5. The topological polar surface area (TPSA) is 130 Å². The maximum absolute atomic E-state index is 15.3. The van der Waals surface area contributed by atoms with Crippen molar-refractivity contribution in [2.75, 3.05) is 57.4 Å². The number of nitrogens with zero attached hydrogens (tertiary/aromatic N) is 8. The number of aromatic nitrogens is 4. The quantitative estimate of drug-likeness (QED) is 0.415. The molecule has 7 rings (SSSR count). The number of likely N-dealkylation sites (tertiary alicyclic amines) is 1. The molecule has 0 N–H and O–H groups in total. The van der Waals surface area contributed by atoms with Crippen molar-refractivity contribution in [3.05, 3.63) is 60.4 Å². The summed E-state index contributed by atoms with van der Waals surface area (Å²) in [5.41, 5.74) is 1.23. The largest absolute Gasteiger partial charge is 0.442 e. The van der Waals surface area contributed by atoms with Crippen molar-refractivity contribution in [2.24, 2.45) is 11.8 Å². The zero-order valence-electron chi connectivity index (χ0n) is 22.8. The number of carbonyl (C=O) groups excluding carboxylic acids is 2. The first-order valence-corrected chi connectivity index (χ1v) is 14.0. The number of halogens is 1. The SMILES string of the molecule is N#CC1(c2ccc(-c3ccc(N4C[C@H](Cn5ccnn5)OC4=O)cc3F)cn2)[C@@H]2CN(C(=O)CN3CCOCC3)C[C@@H]21. The summed E-state index contributed by atoms with van der Waals surface area (Å²) < 4.78 is 27.6. The fourth-order valence-electron chi connectivity index (χ4n) is 6.56. The molecule has 4 aliphatic rings. The number of benzene rings is 1. The van der Waals surface area contributed by atoms with Gasteiger partial charge in [-0.1, -0.05) is 11.3 Å². The molecule has 12 nitrogen and oxygen atoms in total. The van der Waals surface area contributed by atoms with Crippen molar-refractivity contribution in [3.63, 3.8) is 0 Å². The molecule has 2 amide bonds. The molecule has 1 unspecified atom stereocenters. The van der Waals surface area contributed by atoms with Gasteiger partial charge in [0.15, 0.2) is 0 Å². The Morgan fingerprint density at radius 2 is 1.95 bits per heavy atom. The molecular formula is C29H29FN8O4. The normalized spacial score (nSPS) is 27.0. The summed E-state index contributed by atoms with van der Waals surface area (Å²) in [6.45, 7) is 4.88. The van der Waals surface area contributed by atoms with Crippen LogP contribution in [-0.2, 0) is 26.2 Å². The molecule has 216 valence electrons. The smallest absolute Gasteiger partial charge is 0.414 e. The van der Waals surface area contributed by atoms with Gasteiger partial charge in [0.25, 0.3) is 0 Å². The van der Waals surface area contributed by atoms with E-state index < -0.39 is 23.4 Å². The summed E-state index contributed by atoms with van der Waals surface area (Å²) in [6.07, 6.45) is 3.84. The fraction of sp³-hybridized carbons (Fsp3) is 0.448. The Bertz CT molecular complexity index is 1520. The van der Waals surface area contributed by atoms with E-state index in [4.69, 9.17) is 9.47 Å². The highest BCUT2D eigenvalue weighted by Crippen LogP contribution is 2.62. The second-order valence-corrected chi connectivity index (χ2v) is 11.2. The first-order valence-electron chi connectivity index (χ1n) is 14.0. The van der Waals surface area contributed by atoms with E-state index in [1.54, 1.807) is 47.5 Å². The molecule has 5 heterocycles. The minimum Gasteiger partial charge on any atom is -0.442 e. The molecule has 0 radical (unpaired) electrons. The van der Waals surface area contributed by atoms with Gasteiger partial charge >= 0.3 is 6.09 Å². The Kier molecular flexibility index (Phi) is 6.59. The van der Waals surface area contributed by atoms with Crippen LogP contribution in [0.3, 0.4) is 0 Å². The predicted molar refractivity (Wildman–Crippen MR) is 145 cm³/mol. The molecule has 3 saturated heterocycles. The number of anilines is 1. The third kappa shape index (κ3) is 4.56. The summed E-state index contributed by atoms with van der Waals surface area (Å²) in [6, 6.07) is 10.6. The second kappa shape index (κ2) is 10.5. The lowest BCUT2D eigenvalue weighted by atomic mass is 9.95. The molecule has 13 heteroatoms. The Morgan fingerprint density at radius 1 is 1.14 bits per heavy atom. The highest BCUT2D eigenvalue weighted by molar-refractivity contribution is 5.90. The van der Waals surface area contributed by atoms with Gasteiger partial charge in [0.2, 0.25) is 5.91 Å². The Hall–Kier alpha value is -4.41. The lowest BCUT2D eigenvalue weighted by molar-refractivity contribution is -0.133. The van der Waals surface area contributed by atoms with Gasteiger partial charge in [-0.3, -0.25) is 19.6 Å². The minimum absolute atomic E-state index is 0.0408. The van der Waals surface area contributed by atoms with Crippen molar-refractivity contribution in [1.29, 1.82) is 5.26 Å². The van der Waals surface area contributed by atoms with Crippen LogP contribution in [0.15, 0.2) is 48.9 Å². The van der Waals surface area contributed by atoms with Crippen molar-refractivity contribution >= 4 is 17.7 Å². The van der Waals surface area contributed by atoms with Crippen LogP contribution in [-0.4, -0.2) is 100 Å². The zero-order valence-corrected chi connectivity index (χ0v) is 22.8. The summed E-state index contributed by atoms with van der Waals surface area (Å²) in [7, 11) is 0. The first kappa shape index (κ1) is 26.5. The number of hydrogen-bond acceptors (Lipinski definition) is 9. The average Bonchev–Trinajstić information content (AvgIpc) is 3.51. The zero-order chi connectivity index (χ0) is 28.8. The van der Waals surface area contributed by atoms with E-state index in [1.165, 1.54) is 11.0 Å². The second-order valence-electron chi connectivity index (χ2n) is 11.2. The van der Waals surface area contributed by atoms with Gasteiger partial charge in [-0.15, -0.1) is 5.10 Å². The minimum atomic E-state index is -0.727. The molecule has 4 fully saturated rings. The maximum Gasteiger partial charge on any atom is 0.414 e. The van der Waals surface area contributed by atoms with Crippen LogP contribution >= 0.6 is 0 Å². The van der Waals surface area contributed by atoms with Crippen LogP contribution in [0.4, 0.5) is 14.9 Å². The standard InChI is InChI=1S/C29H29FN8O4/c30-25-11-20(38-14-21(42-28(38)40)13-37-6-5-33-34-37)2-3-22(25)19-1-4-26(32-12-19)29(18-31)23-15-36(16-24(23)29)27(39)17-35-7-9-41-10-8-35/h1-6,11-12,21,23-24H,7-10,13-17H2/t21-,23-,24+,29?/m0/s1. The van der Waals surface area contributed by atoms with E-state index >= 15 is 4.39 Å². The van der Waals surface area contributed by atoms with Crippen LogP contribution in [0.25, 0.3) is 11.1 Å². The molecule has 0 spiro atoms. The average molecular weight is 573 g/mol. The number of morpholine rings is 1. The summed E-state index contributed by atoms with van der Waals surface area (Å²) in [4.78, 5) is 35.2. The molecule has 1 aliphatic carbocycles. The van der Waals surface area contributed by atoms with Gasteiger partial charge in [0.05, 0.1) is 56.5 Å². The van der Waals surface area contributed by atoms with Gasteiger partial charge < -0.3 is 14.4 Å². The Balaban J connectivity index is 1.00. The Morgan fingerprint density at radius 3 is 2.62 bits per heavy atom. The highest BCUT2D eigenvalue weighted by Gasteiger charge is 2.71. The fourth-order valence-corrected chi connectivity index (χ4v) is 6.56. The van der Waals surface area contributed by atoms with Crippen molar-refractivity contribution in [1.82, 2.24) is 29.8 Å². The number of fused-ring (bicyclic) bond motifs is 1. The molecule has 1 aromatic carbocycles. The van der Waals surface area contributed by atoms with E-state index in [1.807, 2.05) is 4.90 Å². The van der Waals surface area contributed by atoms with E-state index in [0.29, 0.717) is 61.9 Å². The third-order valence-corrected chi connectivity index (χ3v) is 8.88. The van der Waals surface area contributed by atoms with Crippen molar-refractivity contribution in [2.45, 2.75) is 18.1 Å². The molecule has 1 saturated carbocycles. The van der Waals surface area contributed by atoms with Crippen LogP contribution in [0.2, 0.25) is 0 Å². The van der Waals surface area contributed by atoms with Crippen molar-refractivity contribution in [3.8, 4) is 17.2 Å². The lowest BCUT2D eigenvalue weighted by Crippen LogP contribution is -2.45. The van der Waals surface area contributed by atoms with Gasteiger partial charge in [-0.05, 0) is 24.3 Å². The number of carbonyl (C=O) groups is 2. The van der Waals surface area contributed by atoms with E-state index in [9.17, 15) is 14.9 Å². The molecule has 2 aromatic heterocycles. The number of piperidine rings is 1. The number of cyclic esters (lactones) is 1. The summed E-state index contributed by atoms with van der Waals surface area (Å²) in [5, 5.41) is 17.8. The summed E-state index contributed by atoms with van der Waals surface area (Å²) >= 11 is 0. The maximum atomic E-state index is 15.3. The van der Waals surface area contributed by atoms with Gasteiger partial charge in [0.1, 0.15) is 17.3 Å². The van der Waals surface area contributed by atoms with E-state index in [2.05, 4.69) is 26.3 Å². The van der Waals surface area contributed by atoms with Crippen LogP contribution < -0.4 is 4.90 Å². The van der Waals surface area contributed by atoms with Gasteiger partial charge in [-0.2, -0.15) is 5.26 Å². The number of hydrogen-bond donors (Lipinski definition) is 0. The third-order valence-electron chi connectivity index (χ3n) is 8.88. The molecule has 3 aliphatic heterocycles. The molecule has 4 atom stereocenters. The van der Waals surface area contributed by atoms with Crippen molar-refractivity contribution < 1.29 is 23.5 Å². The number of rotatable bonds is 7. The molecule has 0 bridgehead atoms. The van der Waals surface area contributed by atoms with E-state index in [0.717, 1.165) is 13.1 Å². The Labute approximate surface area is 241 Å². The van der Waals surface area contributed by atoms with Crippen LogP contribution in [0.5, 0.6) is 0 Å².